The van der Waals surface area contributed by atoms with Gasteiger partial charge >= 0.3 is 0 Å². The minimum absolute atomic E-state index is 0.0340. The molecule has 0 bridgehead atoms. The van der Waals surface area contributed by atoms with Crippen LogP contribution in [-0.2, 0) is 6.54 Å². The Kier molecular flexibility index (Phi) is 4.23. The first kappa shape index (κ1) is 15.8. The summed E-state index contributed by atoms with van der Waals surface area (Å²) >= 11 is 0. The summed E-state index contributed by atoms with van der Waals surface area (Å²) in [7, 11) is 1.69. The molecule has 0 saturated carbocycles. The fraction of sp³-hybridized carbons (Fsp3) is 0.389. The number of rotatable bonds is 5. The van der Waals surface area contributed by atoms with Crippen molar-refractivity contribution in [2.24, 2.45) is 0 Å². The second kappa shape index (κ2) is 6.68. The van der Waals surface area contributed by atoms with Crippen LogP contribution in [0, 0.1) is 0 Å². The van der Waals surface area contributed by atoms with Gasteiger partial charge in [0.2, 0.25) is 0 Å². The Morgan fingerprint density at radius 3 is 3.08 bits per heavy atom. The number of aromatic nitrogens is 4. The summed E-state index contributed by atoms with van der Waals surface area (Å²) in [5.74, 6) is 1.77. The summed E-state index contributed by atoms with van der Waals surface area (Å²) in [6.07, 6.45) is 5.55. The second-order valence-corrected chi connectivity index (χ2v) is 6.15. The molecule has 7 heteroatoms. The third kappa shape index (κ3) is 2.80. The average Bonchev–Trinajstić information content (AvgIpc) is 3.29. The van der Waals surface area contributed by atoms with Gasteiger partial charge in [0.15, 0.2) is 5.65 Å². The number of nitrogens with zero attached hydrogens (tertiary/aromatic N) is 5. The third-order valence-corrected chi connectivity index (χ3v) is 4.73. The van der Waals surface area contributed by atoms with Gasteiger partial charge in [-0.1, -0.05) is 12.1 Å². The van der Waals surface area contributed by atoms with Gasteiger partial charge in [-0.3, -0.25) is 0 Å². The van der Waals surface area contributed by atoms with Crippen LogP contribution >= 0.6 is 0 Å². The highest BCUT2D eigenvalue weighted by molar-refractivity contribution is 5.87. The molecule has 1 aliphatic heterocycles. The van der Waals surface area contributed by atoms with E-state index in [1.54, 1.807) is 24.3 Å². The molecule has 25 heavy (non-hydrogen) atoms. The minimum Gasteiger partial charge on any atom is -0.497 e. The predicted molar refractivity (Wildman–Crippen MR) is 94.7 cm³/mol. The Morgan fingerprint density at radius 2 is 2.24 bits per heavy atom. The smallest absolute Gasteiger partial charge is 0.163 e. The molecule has 1 atom stereocenters. The second-order valence-electron chi connectivity index (χ2n) is 6.15. The molecular formula is C18H21N5O2. The van der Waals surface area contributed by atoms with Crippen LogP contribution in [0.3, 0.4) is 0 Å². The first-order chi connectivity index (χ1) is 12.3. The van der Waals surface area contributed by atoms with E-state index in [-0.39, 0.29) is 12.6 Å². The van der Waals surface area contributed by atoms with Crippen LogP contribution in [0.1, 0.15) is 24.4 Å². The molecule has 130 valence electrons. The summed E-state index contributed by atoms with van der Waals surface area (Å²) in [6.45, 7) is 1.41. The van der Waals surface area contributed by atoms with Gasteiger partial charge in [-0.15, -0.1) is 0 Å². The average molecular weight is 339 g/mol. The maximum Gasteiger partial charge on any atom is 0.163 e. The number of methoxy groups -OCH3 is 1. The zero-order valence-electron chi connectivity index (χ0n) is 14.2. The quantitative estimate of drug-likeness (QED) is 0.768. The lowest BCUT2D eigenvalue weighted by Crippen LogP contribution is -2.24. The van der Waals surface area contributed by atoms with Gasteiger partial charge in [0.05, 0.1) is 37.9 Å². The predicted octanol–water partition coefficient (Wildman–Crippen LogP) is 2.17. The highest BCUT2D eigenvalue weighted by atomic mass is 16.5. The molecule has 1 aromatic carbocycles. The lowest BCUT2D eigenvalue weighted by molar-refractivity contribution is 0.271. The van der Waals surface area contributed by atoms with Crippen molar-refractivity contribution in [1.82, 2.24) is 19.7 Å². The topological polar surface area (TPSA) is 76.3 Å². The fourth-order valence-corrected chi connectivity index (χ4v) is 3.58. The van der Waals surface area contributed by atoms with E-state index in [9.17, 15) is 5.11 Å². The summed E-state index contributed by atoms with van der Waals surface area (Å²) in [6, 6.07) is 8.48. The number of anilines is 1. The number of fused-ring (bicyclic) bond motifs is 1. The first-order valence-electron chi connectivity index (χ1n) is 8.50. The number of hydrogen-bond donors (Lipinski definition) is 1. The Balaban J connectivity index is 1.74. The van der Waals surface area contributed by atoms with Gasteiger partial charge in [0.1, 0.15) is 17.9 Å². The molecule has 1 aliphatic rings. The van der Waals surface area contributed by atoms with Crippen LogP contribution < -0.4 is 9.64 Å². The number of aliphatic hydroxyl groups is 1. The van der Waals surface area contributed by atoms with Gasteiger partial charge in [-0.2, -0.15) is 5.10 Å². The Labute approximate surface area is 145 Å². The van der Waals surface area contributed by atoms with Gasteiger partial charge in [-0.25, -0.2) is 14.6 Å². The molecule has 4 rings (SSSR count). The Hall–Kier alpha value is -2.67. The summed E-state index contributed by atoms with van der Waals surface area (Å²) < 4.78 is 7.09. The van der Waals surface area contributed by atoms with Crippen LogP contribution in [0.4, 0.5) is 5.82 Å². The van der Waals surface area contributed by atoms with Crippen molar-refractivity contribution in [2.45, 2.75) is 25.4 Å². The van der Waals surface area contributed by atoms with E-state index in [1.807, 2.05) is 12.1 Å². The van der Waals surface area contributed by atoms with Gasteiger partial charge in [-0.05, 0) is 30.5 Å². The molecule has 1 N–H and O–H groups in total. The SMILES string of the molecule is COc1cccc(C2CCCN2c2ncnc3c2cnn3CCO)c1. The molecule has 0 spiro atoms. The standard InChI is InChI=1S/C18H21N5O2/c1-25-14-5-2-4-13(10-14)16-6-3-7-22(16)17-15-11-21-23(8-9-24)18(15)20-12-19-17/h2,4-5,10-12,16,24H,3,6-9H2,1H3. The highest BCUT2D eigenvalue weighted by Crippen LogP contribution is 2.38. The van der Waals surface area contributed by atoms with Crippen molar-refractivity contribution in [2.75, 3.05) is 25.2 Å². The van der Waals surface area contributed by atoms with E-state index in [1.165, 1.54) is 5.56 Å². The molecule has 1 fully saturated rings. The summed E-state index contributed by atoms with van der Waals surface area (Å²) in [5.41, 5.74) is 1.99. The van der Waals surface area contributed by atoms with Gasteiger partial charge < -0.3 is 14.7 Å². The van der Waals surface area contributed by atoms with Crippen molar-refractivity contribution in [1.29, 1.82) is 0 Å². The number of benzene rings is 1. The van der Waals surface area contributed by atoms with Crippen molar-refractivity contribution in [3.63, 3.8) is 0 Å². The van der Waals surface area contributed by atoms with Crippen LogP contribution in [-0.4, -0.2) is 45.1 Å². The van der Waals surface area contributed by atoms with Crippen molar-refractivity contribution in [3.8, 4) is 5.75 Å². The molecule has 0 aliphatic carbocycles. The van der Waals surface area contributed by atoms with E-state index in [4.69, 9.17) is 4.74 Å². The third-order valence-electron chi connectivity index (χ3n) is 4.73. The van der Waals surface area contributed by atoms with Crippen molar-refractivity contribution >= 4 is 16.9 Å². The maximum absolute atomic E-state index is 9.19. The Bertz CT molecular complexity index is 879. The van der Waals surface area contributed by atoms with Crippen LogP contribution in [0.15, 0.2) is 36.8 Å². The van der Waals surface area contributed by atoms with Crippen LogP contribution in [0.5, 0.6) is 5.75 Å². The molecule has 7 nitrogen and oxygen atoms in total. The number of ether oxygens (including phenoxy) is 1. The minimum atomic E-state index is 0.0340. The number of aliphatic hydroxyl groups excluding tert-OH is 1. The first-order valence-corrected chi connectivity index (χ1v) is 8.50. The highest BCUT2D eigenvalue weighted by Gasteiger charge is 2.29. The van der Waals surface area contributed by atoms with E-state index in [2.05, 4.69) is 32.1 Å². The fourth-order valence-electron chi connectivity index (χ4n) is 3.58. The van der Waals surface area contributed by atoms with Crippen molar-refractivity contribution in [3.05, 3.63) is 42.4 Å². The lowest BCUT2D eigenvalue weighted by atomic mass is 10.0. The van der Waals surface area contributed by atoms with E-state index < -0.39 is 0 Å². The Morgan fingerprint density at radius 1 is 1.32 bits per heavy atom. The van der Waals surface area contributed by atoms with E-state index in [0.29, 0.717) is 6.54 Å². The van der Waals surface area contributed by atoms with Crippen LogP contribution in [0.2, 0.25) is 0 Å². The normalized spacial score (nSPS) is 17.4. The zero-order valence-corrected chi connectivity index (χ0v) is 14.2. The van der Waals surface area contributed by atoms with Crippen LogP contribution in [0.25, 0.3) is 11.0 Å². The van der Waals surface area contributed by atoms with E-state index >= 15 is 0 Å². The zero-order chi connectivity index (χ0) is 17.2. The van der Waals surface area contributed by atoms with Crippen molar-refractivity contribution < 1.29 is 9.84 Å². The van der Waals surface area contributed by atoms with E-state index in [0.717, 1.165) is 42.0 Å². The monoisotopic (exact) mass is 339 g/mol. The summed E-state index contributed by atoms with van der Waals surface area (Å²) in [4.78, 5) is 11.2. The molecular weight excluding hydrogens is 318 g/mol. The largest absolute Gasteiger partial charge is 0.497 e. The lowest BCUT2D eigenvalue weighted by Gasteiger charge is -2.26. The molecule has 0 radical (unpaired) electrons. The van der Waals surface area contributed by atoms with Gasteiger partial charge in [0.25, 0.3) is 0 Å². The molecule has 2 aromatic heterocycles. The molecule has 3 heterocycles. The van der Waals surface area contributed by atoms with Gasteiger partial charge in [0, 0.05) is 6.54 Å². The maximum atomic E-state index is 9.19. The number of hydrogen-bond acceptors (Lipinski definition) is 6. The molecule has 1 unspecified atom stereocenters. The molecule has 0 amide bonds. The molecule has 1 saturated heterocycles. The summed E-state index contributed by atoms with van der Waals surface area (Å²) in [5, 5.41) is 14.5. The molecule has 3 aromatic rings.